The Hall–Kier alpha value is -1.39. The second kappa shape index (κ2) is 7.04. The molecular formula is C13H20N2O2. The summed E-state index contributed by atoms with van der Waals surface area (Å²) in [6.45, 7) is 5.46. The van der Waals surface area contributed by atoms with E-state index in [4.69, 9.17) is 5.11 Å². The second-order valence-corrected chi connectivity index (χ2v) is 4.18. The molecule has 1 atom stereocenters. The lowest BCUT2D eigenvalue weighted by Crippen LogP contribution is -2.34. The molecule has 0 aliphatic rings. The van der Waals surface area contributed by atoms with Gasteiger partial charge in [-0.2, -0.15) is 0 Å². The summed E-state index contributed by atoms with van der Waals surface area (Å²) in [5, 5.41) is 14.9. The number of aliphatic hydroxyl groups excluding tert-OH is 1. The Bertz CT molecular complexity index is 347. The highest BCUT2D eigenvalue weighted by atomic mass is 16.3. The minimum absolute atomic E-state index is 0.0659. The van der Waals surface area contributed by atoms with Crippen LogP contribution in [-0.4, -0.2) is 36.8 Å². The van der Waals surface area contributed by atoms with E-state index in [9.17, 15) is 4.79 Å². The van der Waals surface area contributed by atoms with Crippen LogP contribution >= 0.6 is 0 Å². The lowest BCUT2D eigenvalue weighted by molar-refractivity contribution is 0.0953. The van der Waals surface area contributed by atoms with Crippen LogP contribution in [0.1, 0.15) is 22.8 Å². The lowest BCUT2D eigenvalue weighted by atomic mass is 10.1. The minimum Gasteiger partial charge on any atom is -0.392 e. The van der Waals surface area contributed by atoms with E-state index >= 15 is 0 Å². The van der Waals surface area contributed by atoms with E-state index < -0.39 is 0 Å². The number of hydrogen-bond acceptors (Lipinski definition) is 3. The summed E-state index contributed by atoms with van der Waals surface area (Å²) in [7, 11) is 0. The zero-order valence-corrected chi connectivity index (χ0v) is 10.4. The van der Waals surface area contributed by atoms with Crippen molar-refractivity contribution in [2.45, 2.75) is 20.0 Å². The van der Waals surface area contributed by atoms with E-state index in [1.807, 2.05) is 31.2 Å². The third kappa shape index (κ3) is 5.47. The van der Waals surface area contributed by atoms with Crippen molar-refractivity contribution >= 4 is 5.91 Å². The SMILES string of the molecule is Cc1ccc(C(=O)NCCNC[C@H](C)O)cc1. The predicted molar refractivity (Wildman–Crippen MR) is 68.1 cm³/mol. The molecule has 0 heterocycles. The highest BCUT2D eigenvalue weighted by Gasteiger charge is 2.03. The first-order valence-corrected chi connectivity index (χ1v) is 5.83. The largest absolute Gasteiger partial charge is 0.392 e. The molecule has 0 saturated heterocycles. The van der Waals surface area contributed by atoms with Crippen LogP contribution in [0.15, 0.2) is 24.3 Å². The van der Waals surface area contributed by atoms with E-state index in [0.29, 0.717) is 25.2 Å². The van der Waals surface area contributed by atoms with Crippen molar-refractivity contribution in [3.05, 3.63) is 35.4 Å². The summed E-state index contributed by atoms with van der Waals surface area (Å²) in [5.74, 6) is -0.0659. The van der Waals surface area contributed by atoms with Gasteiger partial charge in [0.2, 0.25) is 0 Å². The quantitative estimate of drug-likeness (QED) is 0.637. The fourth-order valence-corrected chi connectivity index (χ4v) is 1.38. The Morgan fingerprint density at radius 3 is 2.53 bits per heavy atom. The van der Waals surface area contributed by atoms with E-state index in [0.717, 1.165) is 5.56 Å². The van der Waals surface area contributed by atoms with Gasteiger partial charge in [0.15, 0.2) is 0 Å². The third-order valence-corrected chi connectivity index (χ3v) is 2.34. The Labute approximate surface area is 102 Å². The molecule has 0 fully saturated rings. The fraction of sp³-hybridized carbons (Fsp3) is 0.462. The number of aryl methyl sites for hydroxylation is 1. The number of nitrogens with one attached hydrogen (secondary N) is 2. The van der Waals surface area contributed by atoms with Crippen LogP contribution in [0, 0.1) is 6.92 Å². The molecule has 17 heavy (non-hydrogen) atoms. The molecular weight excluding hydrogens is 216 g/mol. The summed E-state index contributed by atoms with van der Waals surface area (Å²) >= 11 is 0. The Morgan fingerprint density at radius 1 is 1.29 bits per heavy atom. The van der Waals surface area contributed by atoms with Crippen molar-refractivity contribution in [3.63, 3.8) is 0 Å². The fourth-order valence-electron chi connectivity index (χ4n) is 1.38. The molecule has 0 radical (unpaired) electrons. The molecule has 0 aliphatic heterocycles. The average molecular weight is 236 g/mol. The number of rotatable bonds is 6. The van der Waals surface area contributed by atoms with Gasteiger partial charge in [-0.05, 0) is 26.0 Å². The van der Waals surface area contributed by atoms with Gasteiger partial charge in [0.05, 0.1) is 6.10 Å². The summed E-state index contributed by atoms with van der Waals surface area (Å²) in [6.07, 6.45) is -0.359. The van der Waals surface area contributed by atoms with Crippen LogP contribution < -0.4 is 10.6 Å². The van der Waals surface area contributed by atoms with E-state index in [1.54, 1.807) is 6.92 Å². The Balaban J connectivity index is 2.23. The Kier molecular flexibility index (Phi) is 5.66. The van der Waals surface area contributed by atoms with Gasteiger partial charge in [0.1, 0.15) is 0 Å². The van der Waals surface area contributed by atoms with Gasteiger partial charge >= 0.3 is 0 Å². The van der Waals surface area contributed by atoms with Gasteiger partial charge in [0.25, 0.3) is 5.91 Å². The highest BCUT2D eigenvalue weighted by Crippen LogP contribution is 2.02. The van der Waals surface area contributed by atoms with Gasteiger partial charge in [-0.25, -0.2) is 0 Å². The standard InChI is InChI=1S/C13H20N2O2/c1-10-3-5-12(6-4-10)13(17)15-8-7-14-9-11(2)16/h3-6,11,14,16H,7-9H2,1-2H3,(H,15,17)/t11-/m0/s1. The molecule has 1 aromatic carbocycles. The van der Waals surface area contributed by atoms with Crippen LogP contribution in [-0.2, 0) is 0 Å². The molecule has 1 amide bonds. The first-order valence-electron chi connectivity index (χ1n) is 5.83. The number of aliphatic hydroxyl groups is 1. The molecule has 0 aromatic heterocycles. The topological polar surface area (TPSA) is 61.4 Å². The van der Waals surface area contributed by atoms with Crippen LogP contribution in [0.2, 0.25) is 0 Å². The van der Waals surface area contributed by atoms with Gasteiger partial charge in [-0.15, -0.1) is 0 Å². The predicted octanol–water partition coefficient (Wildman–Crippen LogP) is 0.695. The molecule has 1 aromatic rings. The van der Waals surface area contributed by atoms with Gasteiger partial charge in [0, 0.05) is 25.2 Å². The number of carbonyl (C=O) groups excluding carboxylic acids is 1. The number of carbonyl (C=O) groups is 1. The van der Waals surface area contributed by atoms with Gasteiger partial charge < -0.3 is 15.7 Å². The molecule has 3 N–H and O–H groups in total. The van der Waals surface area contributed by atoms with Gasteiger partial charge in [-0.3, -0.25) is 4.79 Å². The van der Waals surface area contributed by atoms with Crippen LogP contribution in [0.5, 0.6) is 0 Å². The molecule has 0 unspecified atom stereocenters. The Morgan fingerprint density at radius 2 is 1.94 bits per heavy atom. The van der Waals surface area contributed by atoms with E-state index in [2.05, 4.69) is 10.6 Å². The highest BCUT2D eigenvalue weighted by molar-refractivity contribution is 5.94. The van der Waals surface area contributed by atoms with Crippen LogP contribution in [0.3, 0.4) is 0 Å². The third-order valence-electron chi connectivity index (χ3n) is 2.34. The lowest BCUT2D eigenvalue weighted by Gasteiger charge is -2.08. The zero-order chi connectivity index (χ0) is 12.7. The van der Waals surface area contributed by atoms with Crippen molar-refractivity contribution in [3.8, 4) is 0 Å². The van der Waals surface area contributed by atoms with Crippen molar-refractivity contribution in [2.75, 3.05) is 19.6 Å². The average Bonchev–Trinajstić information content (AvgIpc) is 2.29. The van der Waals surface area contributed by atoms with E-state index in [1.165, 1.54) is 0 Å². The van der Waals surface area contributed by atoms with Gasteiger partial charge in [-0.1, -0.05) is 17.7 Å². The van der Waals surface area contributed by atoms with Crippen molar-refractivity contribution in [2.24, 2.45) is 0 Å². The van der Waals surface area contributed by atoms with E-state index in [-0.39, 0.29) is 12.0 Å². The van der Waals surface area contributed by atoms with Crippen LogP contribution in [0.4, 0.5) is 0 Å². The molecule has 0 spiro atoms. The summed E-state index contributed by atoms with van der Waals surface area (Å²) < 4.78 is 0. The summed E-state index contributed by atoms with van der Waals surface area (Å²) in [5.41, 5.74) is 1.81. The maximum atomic E-state index is 11.7. The van der Waals surface area contributed by atoms with Crippen LogP contribution in [0.25, 0.3) is 0 Å². The zero-order valence-electron chi connectivity index (χ0n) is 10.4. The second-order valence-electron chi connectivity index (χ2n) is 4.18. The molecule has 1 rings (SSSR count). The maximum absolute atomic E-state index is 11.7. The van der Waals surface area contributed by atoms with Crippen molar-refractivity contribution < 1.29 is 9.90 Å². The van der Waals surface area contributed by atoms with Crippen molar-refractivity contribution in [1.82, 2.24) is 10.6 Å². The monoisotopic (exact) mass is 236 g/mol. The molecule has 94 valence electrons. The number of amides is 1. The summed E-state index contributed by atoms with van der Waals surface area (Å²) in [6, 6.07) is 7.46. The first-order chi connectivity index (χ1) is 8.09. The molecule has 0 saturated carbocycles. The first kappa shape index (κ1) is 13.7. The minimum atomic E-state index is -0.359. The van der Waals surface area contributed by atoms with Crippen molar-refractivity contribution in [1.29, 1.82) is 0 Å². The molecule has 0 bridgehead atoms. The maximum Gasteiger partial charge on any atom is 0.251 e. The normalized spacial score (nSPS) is 12.2. The summed E-state index contributed by atoms with van der Waals surface area (Å²) in [4.78, 5) is 11.7. The number of benzene rings is 1. The molecule has 4 heteroatoms. The molecule has 4 nitrogen and oxygen atoms in total. The molecule has 0 aliphatic carbocycles. The number of hydrogen-bond donors (Lipinski definition) is 3. The smallest absolute Gasteiger partial charge is 0.251 e.